The van der Waals surface area contributed by atoms with Crippen LogP contribution in [-0.4, -0.2) is 87.4 Å². The van der Waals surface area contributed by atoms with Crippen molar-refractivity contribution in [1.82, 2.24) is 0 Å². The Labute approximate surface area is 489 Å². The lowest BCUT2D eigenvalue weighted by Crippen LogP contribution is -2.40. The molecule has 0 spiro atoms. The fourth-order valence-electron chi connectivity index (χ4n) is 9.84. The minimum absolute atomic E-state index is 0.182. The summed E-state index contributed by atoms with van der Waals surface area (Å²) >= 11 is 0. The molecule has 0 saturated carbocycles. The van der Waals surface area contributed by atoms with Crippen LogP contribution in [0.3, 0.4) is 0 Å². The van der Waals surface area contributed by atoms with Crippen molar-refractivity contribution in [2.45, 2.75) is 334 Å². The Hall–Kier alpha value is -2.75. The summed E-state index contributed by atoms with van der Waals surface area (Å²) in [6.45, 7) is 4.87. The number of aliphatic carboxylic acids is 1. The lowest BCUT2D eigenvalue weighted by Gasteiger charge is -2.25. The highest BCUT2D eigenvalue weighted by atomic mass is 16.7. The van der Waals surface area contributed by atoms with Crippen LogP contribution in [-0.2, 0) is 33.3 Å². The molecule has 2 unspecified atom stereocenters. The van der Waals surface area contributed by atoms with Gasteiger partial charge in [-0.2, -0.15) is 0 Å². The Morgan fingerprint density at radius 2 is 0.684 bits per heavy atom. The molecule has 0 heterocycles. The molecule has 79 heavy (non-hydrogen) atoms. The average Bonchev–Trinajstić information content (AvgIpc) is 3.42. The second-order valence-electron chi connectivity index (χ2n) is 24.1. The van der Waals surface area contributed by atoms with Gasteiger partial charge in [0.05, 0.1) is 34.4 Å². The number of hydrogen-bond donors (Lipinski definition) is 1. The number of quaternary nitrogens is 1. The Morgan fingerprint density at radius 1 is 0.380 bits per heavy atom. The summed E-state index contributed by atoms with van der Waals surface area (Å²) in [5.41, 5.74) is 0. The predicted octanol–water partition coefficient (Wildman–Crippen LogP) is 20.6. The van der Waals surface area contributed by atoms with Crippen molar-refractivity contribution in [3.8, 4) is 0 Å². The number of allylic oxidation sites excluding steroid dienone is 8. The van der Waals surface area contributed by atoms with Gasteiger partial charge in [0.1, 0.15) is 13.2 Å². The second kappa shape index (κ2) is 61.3. The van der Waals surface area contributed by atoms with Crippen molar-refractivity contribution in [2.24, 2.45) is 0 Å². The van der Waals surface area contributed by atoms with Crippen molar-refractivity contribution in [3.63, 3.8) is 0 Å². The van der Waals surface area contributed by atoms with Gasteiger partial charge in [-0.15, -0.1) is 0 Å². The van der Waals surface area contributed by atoms with Gasteiger partial charge in [-0.25, -0.2) is 4.79 Å². The van der Waals surface area contributed by atoms with E-state index in [4.69, 9.17) is 18.9 Å². The van der Waals surface area contributed by atoms with E-state index in [2.05, 4.69) is 62.5 Å². The van der Waals surface area contributed by atoms with Gasteiger partial charge in [-0.05, 0) is 77.0 Å². The van der Waals surface area contributed by atoms with Gasteiger partial charge in [-0.3, -0.25) is 9.59 Å². The van der Waals surface area contributed by atoms with Crippen molar-refractivity contribution in [2.75, 3.05) is 47.5 Å². The summed E-state index contributed by atoms with van der Waals surface area (Å²) in [6, 6.07) is 0. The zero-order chi connectivity index (χ0) is 57.6. The van der Waals surface area contributed by atoms with Gasteiger partial charge in [0.2, 0.25) is 0 Å². The molecule has 2 atom stereocenters. The number of unbranched alkanes of at least 4 members (excludes halogenated alkanes) is 40. The van der Waals surface area contributed by atoms with Gasteiger partial charge in [-0.1, -0.05) is 281 Å². The fraction of sp³-hybridized carbons (Fsp3) is 0.843. The van der Waals surface area contributed by atoms with Gasteiger partial charge >= 0.3 is 17.9 Å². The quantitative estimate of drug-likeness (QED) is 0.0211. The molecule has 9 heteroatoms. The zero-order valence-electron chi connectivity index (χ0n) is 52.8. The number of nitrogens with zero attached hydrogens (tertiary/aromatic N) is 1. The van der Waals surface area contributed by atoms with Gasteiger partial charge in [0, 0.05) is 12.8 Å². The highest BCUT2D eigenvalue weighted by Crippen LogP contribution is 2.18. The van der Waals surface area contributed by atoms with Crippen LogP contribution in [0, 0.1) is 0 Å². The molecule has 462 valence electrons. The van der Waals surface area contributed by atoms with Crippen molar-refractivity contribution < 1.29 is 42.9 Å². The molecule has 0 radical (unpaired) electrons. The first-order chi connectivity index (χ1) is 38.6. The van der Waals surface area contributed by atoms with Crippen molar-refractivity contribution in [1.29, 1.82) is 0 Å². The number of likely N-dealkylation sites (N-methyl/N-ethyl adjacent to an activating group) is 1. The molecule has 0 aromatic rings. The SMILES string of the molecule is CCCCCC/C=C\CCCCCCCC(=O)OCC(COC(OCC[N+](C)(C)C)C(=O)O)OC(=O)CCCCCCCCCCCCCCCCCCCCCCCCCCCC/C=C\C/C=C\C/C=C\CCCCCCC. The van der Waals surface area contributed by atoms with Gasteiger partial charge in [0.15, 0.2) is 6.10 Å². The topological polar surface area (TPSA) is 108 Å². The third-order valence-electron chi connectivity index (χ3n) is 15.1. The molecule has 0 aromatic heterocycles. The number of carboxylic acids is 1. The molecule has 9 nitrogen and oxygen atoms in total. The van der Waals surface area contributed by atoms with Crippen molar-refractivity contribution in [3.05, 3.63) is 48.6 Å². The fourth-order valence-corrected chi connectivity index (χ4v) is 9.84. The summed E-state index contributed by atoms with van der Waals surface area (Å²) in [7, 11) is 5.97. The van der Waals surface area contributed by atoms with E-state index in [-0.39, 0.29) is 32.2 Å². The largest absolute Gasteiger partial charge is 0.477 e. The first-order valence-corrected chi connectivity index (χ1v) is 33.8. The highest BCUT2D eigenvalue weighted by Gasteiger charge is 2.25. The molecule has 0 amide bonds. The van der Waals surface area contributed by atoms with E-state index < -0.39 is 24.3 Å². The second-order valence-corrected chi connectivity index (χ2v) is 24.1. The molecule has 0 bridgehead atoms. The average molecular weight is 1110 g/mol. The van der Waals surface area contributed by atoms with E-state index in [1.165, 1.54) is 225 Å². The molecular weight excluding hydrogens is 983 g/mol. The van der Waals surface area contributed by atoms with E-state index >= 15 is 0 Å². The van der Waals surface area contributed by atoms with Crippen LogP contribution in [0.25, 0.3) is 0 Å². The molecule has 0 saturated heterocycles. The smallest absolute Gasteiger partial charge is 0.361 e. The molecule has 0 aliphatic rings. The zero-order valence-corrected chi connectivity index (χ0v) is 52.8. The van der Waals surface area contributed by atoms with E-state index in [9.17, 15) is 19.5 Å². The summed E-state index contributed by atoms with van der Waals surface area (Å²) < 4.78 is 22.9. The summed E-state index contributed by atoms with van der Waals surface area (Å²) in [6.07, 6.45) is 75.3. The number of rotatable bonds is 63. The van der Waals surface area contributed by atoms with E-state index in [1.807, 2.05) is 21.1 Å². The minimum atomic E-state index is -1.51. The summed E-state index contributed by atoms with van der Waals surface area (Å²) in [4.78, 5) is 37.4. The lowest BCUT2D eigenvalue weighted by molar-refractivity contribution is -0.870. The van der Waals surface area contributed by atoms with Gasteiger partial charge < -0.3 is 28.5 Å². The first-order valence-electron chi connectivity index (χ1n) is 33.8. The minimum Gasteiger partial charge on any atom is -0.477 e. The normalized spacial score (nSPS) is 13.0. The highest BCUT2D eigenvalue weighted by molar-refractivity contribution is 5.71. The number of esters is 2. The van der Waals surface area contributed by atoms with Crippen LogP contribution in [0.4, 0.5) is 0 Å². The Kier molecular flexibility index (Phi) is 59.2. The van der Waals surface area contributed by atoms with Crippen LogP contribution in [0.15, 0.2) is 48.6 Å². The summed E-state index contributed by atoms with van der Waals surface area (Å²) in [5.74, 6) is -2.00. The molecular formula is C70H130NO8+. The maximum absolute atomic E-state index is 12.9. The number of carbonyl (C=O) groups excluding carboxylic acids is 2. The van der Waals surface area contributed by atoms with E-state index in [0.29, 0.717) is 17.4 Å². The molecule has 1 N–H and O–H groups in total. The van der Waals surface area contributed by atoms with Crippen molar-refractivity contribution >= 4 is 17.9 Å². The monoisotopic (exact) mass is 1110 g/mol. The Bertz CT molecular complexity index is 1430. The van der Waals surface area contributed by atoms with E-state index in [0.717, 1.165) is 70.6 Å². The third-order valence-corrected chi connectivity index (χ3v) is 15.1. The standard InChI is InChI=1S/C70H129NO8/c1-6-8-10-12-14-16-18-20-21-22-23-24-25-26-27-28-29-30-31-32-33-34-35-36-37-38-39-40-41-42-43-44-45-46-47-49-51-53-55-57-59-61-68(73)79-66(65-78-70(69(74)75)76-63-62-71(3,4)5)64-77-67(72)60-58-56-54-52-50-48-19-17-15-13-11-9-7-2/h17-20,22-23,25-26,66,70H,6-16,21,24,27-65H2,1-5H3/p+1/b19-17-,20-18-,23-22-,26-25-. The van der Waals surface area contributed by atoms with Crippen LogP contribution in [0.2, 0.25) is 0 Å². The first kappa shape index (κ1) is 76.2. The number of carboxylic acid groups (broad SMARTS) is 1. The Morgan fingerprint density at radius 3 is 1.04 bits per heavy atom. The Balaban J connectivity index is 3.90. The van der Waals surface area contributed by atoms with Crippen LogP contribution >= 0.6 is 0 Å². The predicted molar refractivity (Wildman–Crippen MR) is 337 cm³/mol. The molecule has 0 fully saturated rings. The van der Waals surface area contributed by atoms with Gasteiger partial charge in [0.25, 0.3) is 6.29 Å². The number of hydrogen-bond acceptors (Lipinski definition) is 7. The van der Waals surface area contributed by atoms with E-state index in [1.54, 1.807) is 0 Å². The van der Waals surface area contributed by atoms with Crippen LogP contribution in [0.1, 0.15) is 322 Å². The molecule has 0 aromatic carbocycles. The lowest BCUT2D eigenvalue weighted by atomic mass is 10.0. The third kappa shape index (κ3) is 62.7. The number of carbonyl (C=O) groups is 3. The maximum atomic E-state index is 12.9. The number of ether oxygens (including phenoxy) is 4. The molecule has 0 aliphatic carbocycles. The van der Waals surface area contributed by atoms with Crippen LogP contribution in [0.5, 0.6) is 0 Å². The molecule has 0 aliphatic heterocycles. The summed E-state index contributed by atoms with van der Waals surface area (Å²) in [5, 5.41) is 9.70. The molecule has 0 rings (SSSR count). The maximum Gasteiger partial charge on any atom is 0.361 e. The van der Waals surface area contributed by atoms with Crippen LogP contribution < -0.4 is 0 Å².